The van der Waals surface area contributed by atoms with E-state index in [0.717, 1.165) is 29.7 Å². The molecule has 0 saturated carbocycles. The van der Waals surface area contributed by atoms with Gasteiger partial charge in [-0.1, -0.05) is 6.92 Å². The molecule has 1 amide bonds. The molecule has 1 atom stereocenters. The summed E-state index contributed by atoms with van der Waals surface area (Å²) in [5.74, 6) is -0.950. The molecule has 0 aromatic carbocycles. The molecule has 1 N–H and O–H groups in total. The van der Waals surface area contributed by atoms with Gasteiger partial charge in [0, 0.05) is 18.1 Å². The lowest BCUT2D eigenvalue weighted by molar-refractivity contribution is -0.119. The first-order chi connectivity index (χ1) is 13.4. The quantitative estimate of drug-likeness (QED) is 0.747. The van der Waals surface area contributed by atoms with E-state index in [1.165, 1.54) is 11.3 Å². The van der Waals surface area contributed by atoms with E-state index in [1.54, 1.807) is 36.9 Å². The van der Waals surface area contributed by atoms with Gasteiger partial charge in [-0.05, 0) is 49.8 Å². The first-order valence-electron chi connectivity index (χ1n) is 9.30. The molecule has 1 aliphatic rings. The van der Waals surface area contributed by atoms with Crippen molar-refractivity contribution in [3.8, 4) is 0 Å². The second kappa shape index (κ2) is 8.60. The Balaban J connectivity index is 1.72. The molecule has 0 radical (unpaired) electrons. The van der Waals surface area contributed by atoms with Crippen LogP contribution in [0.2, 0.25) is 0 Å². The van der Waals surface area contributed by atoms with Crippen LogP contribution >= 0.6 is 11.3 Å². The highest BCUT2D eigenvalue weighted by Gasteiger charge is 2.29. The minimum Gasteiger partial charge on any atom is -0.462 e. The van der Waals surface area contributed by atoms with E-state index in [1.807, 2.05) is 0 Å². The van der Waals surface area contributed by atoms with E-state index in [9.17, 15) is 14.4 Å². The molecule has 8 heteroatoms. The Morgan fingerprint density at radius 1 is 1.29 bits per heavy atom. The first kappa shape index (κ1) is 20.1. The summed E-state index contributed by atoms with van der Waals surface area (Å²) in [6.07, 6.45) is 4.39. The number of aryl methyl sites for hydroxylation is 1. The minimum atomic E-state index is -0.576. The summed E-state index contributed by atoms with van der Waals surface area (Å²) in [5, 5.41) is 3.20. The van der Waals surface area contributed by atoms with Gasteiger partial charge in [0.1, 0.15) is 10.7 Å². The van der Waals surface area contributed by atoms with Crippen LogP contribution in [0.15, 0.2) is 18.3 Å². The van der Waals surface area contributed by atoms with Crippen molar-refractivity contribution in [2.24, 2.45) is 13.0 Å². The van der Waals surface area contributed by atoms with E-state index >= 15 is 0 Å². The number of aromatic nitrogens is 1. The molecule has 0 aliphatic heterocycles. The van der Waals surface area contributed by atoms with Crippen molar-refractivity contribution in [2.75, 3.05) is 18.5 Å². The fraction of sp³-hybridized carbons (Fsp3) is 0.450. The summed E-state index contributed by atoms with van der Waals surface area (Å²) < 4.78 is 11.9. The predicted molar refractivity (Wildman–Crippen MR) is 106 cm³/mol. The highest BCUT2D eigenvalue weighted by molar-refractivity contribution is 7.17. The van der Waals surface area contributed by atoms with Crippen LogP contribution < -0.4 is 5.32 Å². The Labute approximate surface area is 167 Å². The van der Waals surface area contributed by atoms with Crippen molar-refractivity contribution in [3.05, 3.63) is 40.0 Å². The second-order valence-corrected chi connectivity index (χ2v) is 8.01. The number of rotatable bonds is 6. The Morgan fingerprint density at radius 3 is 2.75 bits per heavy atom. The summed E-state index contributed by atoms with van der Waals surface area (Å²) in [7, 11) is 1.72. The Kier molecular flexibility index (Phi) is 6.18. The smallest absolute Gasteiger partial charge is 0.355 e. The van der Waals surface area contributed by atoms with Crippen LogP contribution in [-0.2, 0) is 34.2 Å². The molecule has 0 fully saturated rings. The normalized spacial score (nSPS) is 15.6. The first-order valence-corrected chi connectivity index (χ1v) is 10.1. The molecule has 2 heterocycles. The zero-order chi connectivity index (χ0) is 20.3. The fourth-order valence-electron chi connectivity index (χ4n) is 3.30. The number of nitrogens with zero attached hydrogens (tertiary/aromatic N) is 1. The predicted octanol–water partition coefficient (Wildman–Crippen LogP) is 3.18. The zero-order valence-electron chi connectivity index (χ0n) is 16.2. The largest absolute Gasteiger partial charge is 0.462 e. The lowest BCUT2D eigenvalue weighted by Crippen LogP contribution is -2.22. The highest BCUT2D eigenvalue weighted by atomic mass is 32.1. The SMILES string of the molecule is CCOC(=O)c1c(NC(=O)COC(=O)c2cccn2C)sc2c1CC[C@@H](C)C2. The van der Waals surface area contributed by atoms with Gasteiger partial charge in [-0.15, -0.1) is 11.3 Å². The van der Waals surface area contributed by atoms with Gasteiger partial charge in [0.05, 0.1) is 12.2 Å². The molecule has 0 saturated heterocycles. The van der Waals surface area contributed by atoms with Crippen LogP contribution in [0.25, 0.3) is 0 Å². The average molecular weight is 404 g/mol. The molecule has 3 rings (SSSR count). The van der Waals surface area contributed by atoms with E-state index < -0.39 is 24.5 Å². The molecular weight excluding hydrogens is 380 g/mol. The second-order valence-electron chi connectivity index (χ2n) is 6.90. The Morgan fingerprint density at radius 2 is 2.07 bits per heavy atom. The summed E-state index contributed by atoms with van der Waals surface area (Å²) in [6.45, 7) is 3.76. The number of anilines is 1. The number of ether oxygens (including phenoxy) is 2. The number of nitrogens with one attached hydrogen (secondary N) is 1. The number of esters is 2. The van der Waals surface area contributed by atoms with Crippen LogP contribution in [0.5, 0.6) is 0 Å². The topological polar surface area (TPSA) is 86.6 Å². The third-order valence-electron chi connectivity index (χ3n) is 4.73. The van der Waals surface area contributed by atoms with Gasteiger partial charge in [0.25, 0.3) is 5.91 Å². The maximum atomic E-state index is 12.5. The van der Waals surface area contributed by atoms with E-state index in [-0.39, 0.29) is 6.61 Å². The molecule has 2 aromatic rings. The summed E-state index contributed by atoms with van der Waals surface area (Å²) in [5.41, 5.74) is 1.77. The van der Waals surface area contributed by atoms with Crippen molar-refractivity contribution in [3.63, 3.8) is 0 Å². The van der Waals surface area contributed by atoms with Crippen LogP contribution in [0.1, 0.15) is 51.6 Å². The monoisotopic (exact) mass is 404 g/mol. The van der Waals surface area contributed by atoms with Gasteiger partial charge >= 0.3 is 11.9 Å². The lowest BCUT2D eigenvalue weighted by atomic mass is 9.88. The number of carbonyl (C=O) groups is 3. The standard InChI is InChI=1S/C20H24N2O5S/c1-4-26-20(25)17-13-8-7-12(2)10-15(13)28-18(17)21-16(23)11-27-19(24)14-6-5-9-22(14)3/h5-6,9,12H,4,7-8,10-11H2,1-3H3,(H,21,23)/t12-/m1/s1. The molecule has 0 bridgehead atoms. The van der Waals surface area contributed by atoms with Crippen LogP contribution in [0.3, 0.4) is 0 Å². The van der Waals surface area contributed by atoms with Crippen molar-refractivity contribution >= 4 is 34.2 Å². The molecule has 28 heavy (non-hydrogen) atoms. The van der Waals surface area contributed by atoms with E-state index in [4.69, 9.17) is 9.47 Å². The third kappa shape index (κ3) is 4.27. The maximum absolute atomic E-state index is 12.5. The minimum absolute atomic E-state index is 0.265. The maximum Gasteiger partial charge on any atom is 0.355 e. The van der Waals surface area contributed by atoms with Crippen molar-refractivity contribution < 1.29 is 23.9 Å². The zero-order valence-corrected chi connectivity index (χ0v) is 17.1. The Bertz CT molecular complexity index is 899. The Hall–Kier alpha value is -2.61. The summed E-state index contributed by atoms with van der Waals surface area (Å²) in [6, 6.07) is 3.34. The van der Waals surface area contributed by atoms with Gasteiger partial charge in [0.15, 0.2) is 6.61 Å². The lowest BCUT2D eigenvalue weighted by Gasteiger charge is -2.18. The van der Waals surface area contributed by atoms with Crippen molar-refractivity contribution in [2.45, 2.75) is 33.1 Å². The highest BCUT2D eigenvalue weighted by Crippen LogP contribution is 2.40. The number of thiophene rings is 1. The van der Waals surface area contributed by atoms with Gasteiger partial charge < -0.3 is 19.4 Å². The summed E-state index contributed by atoms with van der Waals surface area (Å²) in [4.78, 5) is 38.0. The van der Waals surface area contributed by atoms with E-state index in [0.29, 0.717) is 22.2 Å². The number of hydrogen-bond acceptors (Lipinski definition) is 6. The van der Waals surface area contributed by atoms with Crippen molar-refractivity contribution in [1.82, 2.24) is 4.57 Å². The molecule has 1 aliphatic carbocycles. The molecule has 150 valence electrons. The van der Waals surface area contributed by atoms with Gasteiger partial charge in [-0.2, -0.15) is 0 Å². The molecular formula is C20H24N2O5S. The van der Waals surface area contributed by atoms with Crippen LogP contribution in [0, 0.1) is 5.92 Å². The van der Waals surface area contributed by atoms with Gasteiger partial charge in [-0.3, -0.25) is 4.79 Å². The number of amides is 1. The number of hydrogen-bond donors (Lipinski definition) is 1. The van der Waals surface area contributed by atoms with Crippen molar-refractivity contribution in [1.29, 1.82) is 0 Å². The molecule has 0 spiro atoms. The van der Waals surface area contributed by atoms with E-state index in [2.05, 4.69) is 12.2 Å². The molecule has 0 unspecified atom stereocenters. The molecule has 2 aromatic heterocycles. The number of fused-ring (bicyclic) bond motifs is 1. The van der Waals surface area contributed by atoms with Gasteiger partial charge in [0.2, 0.25) is 0 Å². The third-order valence-corrected chi connectivity index (χ3v) is 5.90. The van der Waals surface area contributed by atoms with Crippen LogP contribution in [-0.4, -0.2) is 35.6 Å². The van der Waals surface area contributed by atoms with Gasteiger partial charge in [-0.25, -0.2) is 9.59 Å². The van der Waals surface area contributed by atoms with Crippen LogP contribution in [0.4, 0.5) is 5.00 Å². The average Bonchev–Trinajstić information content (AvgIpc) is 3.22. The fourth-order valence-corrected chi connectivity index (χ4v) is 4.71. The summed E-state index contributed by atoms with van der Waals surface area (Å²) >= 11 is 1.41. The number of carbonyl (C=O) groups excluding carboxylic acids is 3. The molecule has 7 nitrogen and oxygen atoms in total.